The topological polar surface area (TPSA) is 51.2 Å². The van der Waals surface area contributed by atoms with E-state index >= 15 is 0 Å². The van der Waals surface area contributed by atoms with E-state index in [1.807, 2.05) is 6.92 Å². The average molecular weight is 288 g/mol. The van der Waals surface area contributed by atoms with Gasteiger partial charge in [-0.1, -0.05) is 18.2 Å². The molecule has 1 aromatic heterocycles. The van der Waals surface area contributed by atoms with Gasteiger partial charge in [-0.15, -0.1) is 0 Å². The van der Waals surface area contributed by atoms with Gasteiger partial charge in [0.15, 0.2) is 0 Å². The molecule has 1 heterocycles. The summed E-state index contributed by atoms with van der Waals surface area (Å²) in [6.07, 6.45) is 0. The first-order chi connectivity index (χ1) is 10.0. The maximum Gasteiger partial charge on any atom is 0.339 e. The second-order valence-electron chi connectivity index (χ2n) is 4.71. The van der Waals surface area contributed by atoms with E-state index in [1.54, 1.807) is 37.3 Å². The van der Waals surface area contributed by atoms with E-state index in [0.717, 1.165) is 0 Å². The molecule has 0 saturated carbocycles. The fourth-order valence-electron chi connectivity index (χ4n) is 2.09. The Hall–Kier alpha value is -2.43. The van der Waals surface area contributed by atoms with E-state index in [1.165, 1.54) is 13.2 Å². The maximum atomic E-state index is 13.7. The molecule has 110 valence electrons. The third-order valence-corrected chi connectivity index (χ3v) is 3.23. The van der Waals surface area contributed by atoms with Crippen molar-refractivity contribution in [1.82, 2.24) is 4.98 Å². The molecule has 0 aliphatic rings. The van der Waals surface area contributed by atoms with Crippen molar-refractivity contribution in [3.05, 3.63) is 59.0 Å². The number of nitrogens with one attached hydrogen (secondary N) is 1. The zero-order valence-corrected chi connectivity index (χ0v) is 12.2. The molecule has 0 saturated heterocycles. The second kappa shape index (κ2) is 6.35. The van der Waals surface area contributed by atoms with Gasteiger partial charge in [-0.05, 0) is 32.0 Å². The number of esters is 1. The van der Waals surface area contributed by atoms with Crippen LogP contribution in [0.2, 0.25) is 0 Å². The molecule has 0 radical (unpaired) electrons. The van der Waals surface area contributed by atoms with Crippen LogP contribution in [0.4, 0.5) is 10.2 Å². The number of carbonyl (C=O) groups is 1. The summed E-state index contributed by atoms with van der Waals surface area (Å²) < 4.78 is 18.4. The van der Waals surface area contributed by atoms with Gasteiger partial charge in [0.1, 0.15) is 11.6 Å². The highest BCUT2D eigenvalue weighted by molar-refractivity contribution is 5.90. The highest BCUT2D eigenvalue weighted by atomic mass is 19.1. The predicted octanol–water partition coefficient (Wildman–Crippen LogP) is 3.49. The van der Waals surface area contributed by atoms with Crippen molar-refractivity contribution in [2.75, 3.05) is 12.4 Å². The number of ether oxygens (including phenoxy) is 1. The van der Waals surface area contributed by atoms with E-state index in [9.17, 15) is 9.18 Å². The molecule has 2 rings (SSSR count). The fraction of sp³-hybridized carbons (Fsp3) is 0.250. The predicted molar refractivity (Wildman–Crippen MR) is 78.8 cm³/mol. The van der Waals surface area contributed by atoms with Crippen LogP contribution in [0.25, 0.3) is 0 Å². The lowest BCUT2D eigenvalue weighted by Gasteiger charge is -2.16. The number of hydrogen-bond acceptors (Lipinski definition) is 4. The van der Waals surface area contributed by atoms with Gasteiger partial charge < -0.3 is 10.1 Å². The quantitative estimate of drug-likeness (QED) is 0.875. The fourth-order valence-corrected chi connectivity index (χ4v) is 2.09. The summed E-state index contributed by atoms with van der Waals surface area (Å²) in [5.74, 6) is -0.106. The Labute approximate surface area is 123 Å². The van der Waals surface area contributed by atoms with Gasteiger partial charge in [-0.3, -0.25) is 0 Å². The Kier molecular flexibility index (Phi) is 4.52. The van der Waals surface area contributed by atoms with Gasteiger partial charge in [0.25, 0.3) is 0 Å². The van der Waals surface area contributed by atoms with E-state index in [-0.39, 0.29) is 11.9 Å². The molecule has 1 N–H and O–H groups in total. The van der Waals surface area contributed by atoms with E-state index in [2.05, 4.69) is 15.0 Å². The summed E-state index contributed by atoms with van der Waals surface area (Å²) in [4.78, 5) is 15.8. The molecule has 1 atom stereocenters. The van der Waals surface area contributed by atoms with Crippen LogP contribution in [-0.2, 0) is 4.74 Å². The summed E-state index contributed by atoms with van der Waals surface area (Å²) in [6.45, 7) is 3.58. The standard InChI is InChI=1S/C16H17FN2O2/c1-10(12-6-4-5-7-14(12)17)18-15-9-8-13(11(2)19-15)16(20)21-3/h4-10H,1-3H3,(H,18,19). The first-order valence-electron chi connectivity index (χ1n) is 6.60. The molecule has 1 aromatic carbocycles. The number of hydrogen-bond donors (Lipinski definition) is 1. The number of halogens is 1. The van der Waals surface area contributed by atoms with Crippen LogP contribution in [0, 0.1) is 12.7 Å². The normalized spacial score (nSPS) is 11.8. The van der Waals surface area contributed by atoms with Crippen LogP contribution in [0.3, 0.4) is 0 Å². The van der Waals surface area contributed by atoms with Gasteiger partial charge in [0.2, 0.25) is 0 Å². The third-order valence-electron chi connectivity index (χ3n) is 3.23. The van der Waals surface area contributed by atoms with Gasteiger partial charge in [0, 0.05) is 5.56 Å². The molecule has 0 aliphatic heterocycles. The molecule has 0 bridgehead atoms. The first-order valence-corrected chi connectivity index (χ1v) is 6.60. The van der Waals surface area contributed by atoms with Gasteiger partial charge in [0.05, 0.1) is 24.4 Å². The lowest BCUT2D eigenvalue weighted by molar-refractivity contribution is 0.0599. The van der Waals surface area contributed by atoms with Crippen LogP contribution in [0.5, 0.6) is 0 Å². The molecule has 0 fully saturated rings. The van der Waals surface area contributed by atoms with Crippen LogP contribution >= 0.6 is 0 Å². The van der Waals surface area contributed by atoms with Crippen molar-refractivity contribution < 1.29 is 13.9 Å². The molecule has 4 nitrogen and oxygen atoms in total. The van der Waals surface area contributed by atoms with Gasteiger partial charge in [-0.2, -0.15) is 0 Å². The zero-order chi connectivity index (χ0) is 15.4. The van der Waals surface area contributed by atoms with Gasteiger partial charge in [-0.25, -0.2) is 14.2 Å². The Morgan fingerprint density at radius 3 is 2.62 bits per heavy atom. The van der Waals surface area contributed by atoms with Crippen molar-refractivity contribution in [3.8, 4) is 0 Å². The molecule has 2 aromatic rings. The number of aromatic nitrogens is 1. The van der Waals surface area contributed by atoms with Crippen molar-refractivity contribution in [1.29, 1.82) is 0 Å². The SMILES string of the molecule is COC(=O)c1ccc(NC(C)c2ccccc2F)nc1C. The molecular weight excluding hydrogens is 271 g/mol. The van der Waals surface area contributed by atoms with E-state index in [0.29, 0.717) is 22.6 Å². The summed E-state index contributed by atoms with van der Waals surface area (Å²) >= 11 is 0. The molecule has 21 heavy (non-hydrogen) atoms. The van der Waals surface area contributed by atoms with Crippen LogP contribution < -0.4 is 5.32 Å². The van der Waals surface area contributed by atoms with Crippen LogP contribution in [0.15, 0.2) is 36.4 Å². The lowest BCUT2D eigenvalue weighted by Crippen LogP contribution is -2.11. The summed E-state index contributed by atoms with van der Waals surface area (Å²) in [5, 5.41) is 3.12. The highest BCUT2D eigenvalue weighted by Crippen LogP contribution is 2.21. The van der Waals surface area contributed by atoms with Crippen molar-refractivity contribution >= 4 is 11.8 Å². The van der Waals surface area contributed by atoms with Crippen LogP contribution in [0.1, 0.15) is 34.6 Å². The second-order valence-corrected chi connectivity index (χ2v) is 4.71. The molecule has 5 heteroatoms. The molecule has 0 amide bonds. The smallest absolute Gasteiger partial charge is 0.339 e. The summed E-state index contributed by atoms with van der Waals surface area (Å²) in [6, 6.07) is 9.67. The minimum absolute atomic E-state index is 0.234. The number of rotatable bonds is 4. The Morgan fingerprint density at radius 2 is 2.00 bits per heavy atom. The monoisotopic (exact) mass is 288 g/mol. The highest BCUT2D eigenvalue weighted by Gasteiger charge is 2.13. The Bertz CT molecular complexity index is 658. The molecule has 1 unspecified atom stereocenters. The van der Waals surface area contributed by atoms with Crippen molar-refractivity contribution in [2.24, 2.45) is 0 Å². The first kappa shape index (κ1) is 15.0. The largest absolute Gasteiger partial charge is 0.465 e. The number of anilines is 1. The van der Waals surface area contributed by atoms with Crippen LogP contribution in [-0.4, -0.2) is 18.1 Å². The summed E-state index contributed by atoms with van der Waals surface area (Å²) in [7, 11) is 1.33. The third kappa shape index (κ3) is 3.37. The number of methoxy groups -OCH3 is 1. The van der Waals surface area contributed by atoms with Gasteiger partial charge >= 0.3 is 5.97 Å². The van der Waals surface area contributed by atoms with E-state index < -0.39 is 5.97 Å². The Morgan fingerprint density at radius 1 is 1.29 bits per heavy atom. The minimum atomic E-state index is -0.422. The summed E-state index contributed by atoms with van der Waals surface area (Å²) in [5.41, 5.74) is 1.54. The molecular formula is C16H17FN2O2. The average Bonchev–Trinajstić information content (AvgIpc) is 2.47. The number of nitrogens with zero attached hydrogens (tertiary/aromatic N) is 1. The minimum Gasteiger partial charge on any atom is -0.465 e. The van der Waals surface area contributed by atoms with Crippen molar-refractivity contribution in [3.63, 3.8) is 0 Å². The number of carbonyl (C=O) groups excluding carboxylic acids is 1. The number of aryl methyl sites for hydroxylation is 1. The zero-order valence-electron chi connectivity index (χ0n) is 12.2. The number of benzene rings is 1. The number of pyridine rings is 1. The lowest BCUT2D eigenvalue weighted by atomic mass is 10.1. The molecule has 0 aliphatic carbocycles. The molecule has 0 spiro atoms. The Balaban J connectivity index is 2.19. The van der Waals surface area contributed by atoms with Crippen molar-refractivity contribution in [2.45, 2.75) is 19.9 Å². The maximum absolute atomic E-state index is 13.7. The van der Waals surface area contributed by atoms with E-state index in [4.69, 9.17) is 0 Å².